The van der Waals surface area contributed by atoms with Crippen LogP contribution in [0.25, 0.3) is 0 Å². The normalized spacial score (nSPS) is 15.5. The fourth-order valence-electron chi connectivity index (χ4n) is 3.24. The van der Waals surface area contributed by atoms with Gasteiger partial charge in [0, 0.05) is 13.1 Å². The number of amides is 2. The lowest BCUT2D eigenvalue weighted by Gasteiger charge is -2.32. The number of ether oxygens (including phenoxy) is 1. The Kier molecular flexibility index (Phi) is 6.51. The van der Waals surface area contributed by atoms with Gasteiger partial charge in [0.25, 0.3) is 5.91 Å². The molecule has 160 valence electrons. The Morgan fingerprint density at radius 3 is 2.67 bits per heavy atom. The van der Waals surface area contributed by atoms with Crippen molar-refractivity contribution in [2.45, 2.75) is 19.4 Å². The number of anilines is 1. The predicted octanol–water partition coefficient (Wildman–Crippen LogP) is 2.37. The molecular formula is C21H25FN4O4. The Bertz CT molecular complexity index is 933. The van der Waals surface area contributed by atoms with E-state index in [0.29, 0.717) is 30.8 Å². The molecule has 0 saturated heterocycles. The molecule has 0 saturated carbocycles. The fraction of sp³-hybridized carbons (Fsp3) is 0.381. The number of carboxylic acid groups (broad SMARTS) is 1. The number of fused-ring (bicyclic) bond motifs is 1. The van der Waals surface area contributed by atoms with Crippen LogP contribution in [0.3, 0.4) is 0 Å². The first-order valence-corrected chi connectivity index (χ1v) is 9.62. The average molecular weight is 416 g/mol. The fourth-order valence-corrected chi connectivity index (χ4v) is 3.24. The third-order valence-electron chi connectivity index (χ3n) is 4.78. The molecule has 8 nitrogen and oxygen atoms in total. The van der Waals surface area contributed by atoms with Crippen molar-refractivity contribution in [2.75, 3.05) is 38.7 Å². The van der Waals surface area contributed by atoms with E-state index in [-0.39, 0.29) is 29.9 Å². The molecule has 2 aromatic rings. The van der Waals surface area contributed by atoms with Crippen LogP contribution >= 0.6 is 0 Å². The third kappa shape index (κ3) is 4.85. The Balaban J connectivity index is 2.00. The van der Waals surface area contributed by atoms with Gasteiger partial charge in [0.05, 0.1) is 6.04 Å². The standard InChI is InChI=1S/C21H25FN4O4/c1-13-12-30-20-17(26(13)21(28)29)11-15(10-14-4-6-16(22)7-5-14)18(24-20)19(27)23-8-9-25(2)3/h4-7,11,13H,8-10,12H2,1-3H3,(H,23,27)(H,28,29)/t13-/m0/s1. The third-order valence-corrected chi connectivity index (χ3v) is 4.78. The number of pyridine rings is 1. The summed E-state index contributed by atoms with van der Waals surface area (Å²) >= 11 is 0. The van der Waals surface area contributed by atoms with Gasteiger partial charge in [0.2, 0.25) is 5.88 Å². The van der Waals surface area contributed by atoms with Gasteiger partial charge >= 0.3 is 6.09 Å². The molecule has 1 atom stereocenters. The summed E-state index contributed by atoms with van der Waals surface area (Å²) in [6.45, 7) is 2.97. The number of nitrogens with zero attached hydrogens (tertiary/aromatic N) is 3. The second kappa shape index (κ2) is 9.08. The zero-order valence-corrected chi connectivity index (χ0v) is 17.2. The van der Waals surface area contributed by atoms with Crippen molar-refractivity contribution in [2.24, 2.45) is 0 Å². The van der Waals surface area contributed by atoms with Gasteiger partial charge < -0.3 is 20.1 Å². The van der Waals surface area contributed by atoms with E-state index in [1.807, 2.05) is 19.0 Å². The van der Waals surface area contributed by atoms with Crippen LogP contribution in [0.5, 0.6) is 5.88 Å². The van der Waals surface area contributed by atoms with Gasteiger partial charge in [-0.1, -0.05) is 12.1 Å². The van der Waals surface area contributed by atoms with Gasteiger partial charge in [0.15, 0.2) is 0 Å². The van der Waals surface area contributed by atoms with Crippen molar-refractivity contribution in [1.29, 1.82) is 0 Å². The van der Waals surface area contributed by atoms with Gasteiger partial charge in [0.1, 0.15) is 23.8 Å². The van der Waals surface area contributed by atoms with Crippen LogP contribution in [0.1, 0.15) is 28.5 Å². The molecule has 0 radical (unpaired) electrons. The first-order valence-electron chi connectivity index (χ1n) is 9.62. The maximum absolute atomic E-state index is 13.3. The van der Waals surface area contributed by atoms with E-state index in [2.05, 4.69) is 10.3 Å². The number of hydrogen-bond acceptors (Lipinski definition) is 5. The summed E-state index contributed by atoms with van der Waals surface area (Å²) in [5.41, 5.74) is 1.76. The highest BCUT2D eigenvalue weighted by Gasteiger charge is 2.32. The Morgan fingerprint density at radius 2 is 2.03 bits per heavy atom. The quantitative estimate of drug-likeness (QED) is 0.751. The van der Waals surface area contributed by atoms with Gasteiger partial charge in [-0.2, -0.15) is 0 Å². The lowest BCUT2D eigenvalue weighted by atomic mass is 10.0. The van der Waals surface area contributed by atoms with E-state index < -0.39 is 12.1 Å². The van der Waals surface area contributed by atoms with Crippen LogP contribution in [-0.2, 0) is 6.42 Å². The van der Waals surface area contributed by atoms with Gasteiger partial charge in [-0.25, -0.2) is 14.2 Å². The number of aromatic nitrogens is 1. The van der Waals surface area contributed by atoms with Crippen LogP contribution in [0.2, 0.25) is 0 Å². The second-order valence-electron chi connectivity index (χ2n) is 7.50. The molecule has 1 aromatic heterocycles. The molecule has 0 fully saturated rings. The number of halogens is 1. The highest BCUT2D eigenvalue weighted by atomic mass is 19.1. The molecular weight excluding hydrogens is 391 g/mol. The second-order valence-corrected chi connectivity index (χ2v) is 7.50. The lowest BCUT2D eigenvalue weighted by Crippen LogP contribution is -2.45. The number of benzene rings is 1. The summed E-state index contributed by atoms with van der Waals surface area (Å²) in [5, 5.41) is 12.5. The van der Waals surface area contributed by atoms with E-state index >= 15 is 0 Å². The van der Waals surface area contributed by atoms with Crippen molar-refractivity contribution in [3.8, 4) is 5.88 Å². The van der Waals surface area contributed by atoms with Crippen molar-refractivity contribution >= 4 is 17.7 Å². The monoisotopic (exact) mass is 416 g/mol. The van der Waals surface area contributed by atoms with Gasteiger partial charge in [-0.05, 0) is 56.8 Å². The largest absolute Gasteiger partial charge is 0.474 e. The minimum absolute atomic E-state index is 0.108. The van der Waals surface area contributed by atoms with Crippen LogP contribution in [0.4, 0.5) is 14.9 Å². The van der Waals surface area contributed by atoms with Crippen molar-refractivity contribution in [1.82, 2.24) is 15.2 Å². The highest BCUT2D eigenvalue weighted by molar-refractivity contribution is 5.96. The number of likely N-dealkylation sites (N-methyl/N-ethyl adjacent to an activating group) is 1. The Hall–Kier alpha value is -3.20. The molecule has 0 aliphatic carbocycles. The summed E-state index contributed by atoms with van der Waals surface area (Å²) in [6, 6.07) is 7.15. The lowest BCUT2D eigenvalue weighted by molar-refractivity contribution is 0.0943. The van der Waals surface area contributed by atoms with Crippen LogP contribution in [-0.4, -0.2) is 66.8 Å². The molecule has 2 heterocycles. The summed E-state index contributed by atoms with van der Waals surface area (Å²) in [5.74, 6) is -0.625. The highest BCUT2D eigenvalue weighted by Crippen LogP contribution is 2.35. The van der Waals surface area contributed by atoms with E-state index in [9.17, 15) is 19.1 Å². The molecule has 0 bridgehead atoms. The van der Waals surface area contributed by atoms with E-state index in [4.69, 9.17) is 4.74 Å². The zero-order chi connectivity index (χ0) is 21.8. The maximum Gasteiger partial charge on any atom is 0.412 e. The molecule has 0 spiro atoms. The van der Waals surface area contributed by atoms with Crippen LogP contribution < -0.4 is 15.0 Å². The van der Waals surface area contributed by atoms with Crippen molar-refractivity contribution < 1.29 is 23.8 Å². The van der Waals surface area contributed by atoms with E-state index in [1.54, 1.807) is 25.1 Å². The molecule has 3 rings (SSSR count). The molecule has 30 heavy (non-hydrogen) atoms. The van der Waals surface area contributed by atoms with Crippen LogP contribution in [0, 0.1) is 5.82 Å². The maximum atomic E-state index is 13.3. The molecule has 1 aliphatic rings. The molecule has 2 amide bonds. The topological polar surface area (TPSA) is 95.0 Å². The average Bonchev–Trinajstić information content (AvgIpc) is 2.68. The van der Waals surface area contributed by atoms with Gasteiger partial charge in [-0.3, -0.25) is 9.69 Å². The first-order chi connectivity index (χ1) is 14.3. The first kappa shape index (κ1) is 21.5. The van der Waals surface area contributed by atoms with E-state index in [1.165, 1.54) is 17.0 Å². The molecule has 1 aromatic carbocycles. The summed E-state index contributed by atoms with van der Waals surface area (Å²) in [6.07, 6.45) is -0.830. The molecule has 0 unspecified atom stereocenters. The number of rotatable bonds is 6. The molecule has 1 aliphatic heterocycles. The van der Waals surface area contributed by atoms with Crippen LogP contribution in [0.15, 0.2) is 30.3 Å². The number of carbonyl (C=O) groups is 2. The van der Waals surface area contributed by atoms with E-state index in [0.717, 1.165) is 5.56 Å². The SMILES string of the molecule is C[C@H]1COc2nc(C(=O)NCCN(C)C)c(Cc3ccc(F)cc3)cc2N1C(=O)O. The summed E-state index contributed by atoms with van der Waals surface area (Å²) < 4.78 is 18.9. The smallest absolute Gasteiger partial charge is 0.412 e. The minimum Gasteiger partial charge on any atom is -0.474 e. The Morgan fingerprint density at radius 1 is 1.33 bits per heavy atom. The molecule has 9 heteroatoms. The predicted molar refractivity (Wildman–Crippen MR) is 110 cm³/mol. The summed E-state index contributed by atoms with van der Waals surface area (Å²) in [4.78, 5) is 32.1. The summed E-state index contributed by atoms with van der Waals surface area (Å²) in [7, 11) is 3.80. The number of carbonyl (C=O) groups excluding carboxylic acids is 1. The number of hydrogen-bond donors (Lipinski definition) is 2. The number of nitrogens with one attached hydrogen (secondary N) is 1. The Labute approximate surface area is 174 Å². The van der Waals surface area contributed by atoms with Crippen molar-refractivity contribution in [3.63, 3.8) is 0 Å². The van der Waals surface area contributed by atoms with Gasteiger partial charge in [-0.15, -0.1) is 0 Å². The minimum atomic E-state index is -1.12. The zero-order valence-electron chi connectivity index (χ0n) is 17.2. The molecule has 2 N–H and O–H groups in total. The van der Waals surface area contributed by atoms with Crippen molar-refractivity contribution in [3.05, 3.63) is 53.0 Å².